The number of ketones is 1. The van der Waals surface area contributed by atoms with Gasteiger partial charge in [-0.2, -0.15) is 0 Å². The molecular formula is C25H29ClN2O4. The number of carbonyl (C=O) groups is 2. The summed E-state index contributed by atoms with van der Waals surface area (Å²) < 4.78 is 5.76. The highest BCUT2D eigenvalue weighted by Crippen LogP contribution is 2.39. The van der Waals surface area contributed by atoms with Crippen molar-refractivity contribution in [2.45, 2.75) is 19.9 Å². The smallest absolute Gasteiger partial charge is 0.295 e. The molecule has 1 amide bonds. The van der Waals surface area contributed by atoms with E-state index in [-0.39, 0.29) is 11.3 Å². The van der Waals surface area contributed by atoms with Gasteiger partial charge in [-0.05, 0) is 49.8 Å². The lowest BCUT2D eigenvalue weighted by Crippen LogP contribution is -2.35. The van der Waals surface area contributed by atoms with E-state index in [1.54, 1.807) is 48.5 Å². The number of amides is 1. The van der Waals surface area contributed by atoms with Crippen molar-refractivity contribution in [2.24, 2.45) is 5.92 Å². The van der Waals surface area contributed by atoms with E-state index in [0.717, 1.165) is 0 Å². The van der Waals surface area contributed by atoms with Gasteiger partial charge in [0.25, 0.3) is 11.7 Å². The highest BCUT2D eigenvalue weighted by molar-refractivity contribution is 6.46. The first-order valence-electron chi connectivity index (χ1n) is 10.6. The van der Waals surface area contributed by atoms with Crippen LogP contribution in [0.4, 0.5) is 0 Å². The first-order valence-corrected chi connectivity index (χ1v) is 11.0. The predicted molar refractivity (Wildman–Crippen MR) is 126 cm³/mol. The van der Waals surface area contributed by atoms with Gasteiger partial charge in [0.15, 0.2) is 0 Å². The third kappa shape index (κ3) is 5.31. The topological polar surface area (TPSA) is 70.1 Å². The van der Waals surface area contributed by atoms with Gasteiger partial charge >= 0.3 is 0 Å². The summed E-state index contributed by atoms with van der Waals surface area (Å²) in [6, 6.07) is 13.2. The Bertz CT molecular complexity index is 1010. The molecule has 2 aromatic rings. The molecule has 0 bridgehead atoms. The van der Waals surface area contributed by atoms with Crippen molar-refractivity contribution < 1.29 is 19.4 Å². The summed E-state index contributed by atoms with van der Waals surface area (Å²) >= 11 is 6.05. The first kappa shape index (κ1) is 23.8. The molecule has 1 N–H and O–H groups in total. The van der Waals surface area contributed by atoms with Crippen LogP contribution in [-0.4, -0.2) is 60.4 Å². The second-order valence-electron chi connectivity index (χ2n) is 8.58. The fraction of sp³-hybridized carbons (Fsp3) is 0.360. The summed E-state index contributed by atoms with van der Waals surface area (Å²) in [4.78, 5) is 29.4. The van der Waals surface area contributed by atoms with Crippen LogP contribution in [0.15, 0.2) is 54.1 Å². The van der Waals surface area contributed by atoms with E-state index >= 15 is 0 Å². The van der Waals surface area contributed by atoms with Crippen LogP contribution < -0.4 is 4.74 Å². The quantitative estimate of drug-likeness (QED) is 0.363. The SMILES string of the molecule is CC(C)COc1cccc(/C(O)=C2/C(=O)C(=O)N(CCN(C)C)C2c2ccc(Cl)cc2)c1. The monoisotopic (exact) mass is 456 g/mol. The lowest BCUT2D eigenvalue weighted by Gasteiger charge is -2.26. The standard InChI is InChI=1S/C25H29ClN2O4/c1-16(2)15-32-20-7-5-6-18(14-20)23(29)21-22(17-8-10-19(26)11-9-17)28(13-12-27(3)4)25(31)24(21)30/h5-11,14,16,22,29H,12-13,15H2,1-4H3/b23-21-. The molecule has 0 saturated carbocycles. The number of hydrogen-bond acceptors (Lipinski definition) is 5. The van der Waals surface area contributed by atoms with Crippen LogP contribution >= 0.6 is 11.6 Å². The van der Waals surface area contributed by atoms with Crippen molar-refractivity contribution in [3.63, 3.8) is 0 Å². The van der Waals surface area contributed by atoms with E-state index in [1.165, 1.54) is 4.90 Å². The molecule has 32 heavy (non-hydrogen) atoms. The number of halogens is 1. The fourth-order valence-electron chi connectivity index (χ4n) is 3.56. The van der Waals surface area contributed by atoms with Gasteiger partial charge in [0.2, 0.25) is 0 Å². The third-order valence-electron chi connectivity index (χ3n) is 5.20. The maximum absolute atomic E-state index is 13.0. The molecule has 0 aromatic heterocycles. The highest BCUT2D eigenvalue weighted by atomic mass is 35.5. The van der Waals surface area contributed by atoms with Crippen molar-refractivity contribution >= 4 is 29.1 Å². The maximum atomic E-state index is 13.0. The zero-order valence-electron chi connectivity index (χ0n) is 18.8. The molecule has 6 nitrogen and oxygen atoms in total. The van der Waals surface area contributed by atoms with Crippen LogP contribution in [0.5, 0.6) is 5.75 Å². The zero-order valence-corrected chi connectivity index (χ0v) is 19.6. The Labute approximate surface area is 194 Å². The summed E-state index contributed by atoms with van der Waals surface area (Å²) in [5.74, 6) is -0.604. The molecule has 1 unspecified atom stereocenters. The Kier molecular flexibility index (Phi) is 7.59. The van der Waals surface area contributed by atoms with Crippen molar-refractivity contribution in [1.82, 2.24) is 9.80 Å². The summed E-state index contributed by atoms with van der Waals surface area (Å²) in [6.45, 7) is 5.55. The average molecular weight is 457 g/mol. The van der Waals surface area contributed by atoms with E-state index in [4.69, 9.17) is 16.3 Å². The summed E-state index contributed by atoms with van der Waals surface area (Å²) in [6.07, 6.45) is 0. The Hall–Kier alpha value is -2.83. The fourth-order valence-corrected chi connectivity index (χ4v) is 3.69. The number of ether oxygens (including phenoxy) is 1. The molecule has 0 aliphatic carbocycles. The molecule has 1 aliphatic rings. The van der Waals surface area contributed by atoms with Crippen molar-refractivity contribution in [3.8, 4) is 5.75 Å². The number of likely N-dealkylation sites (tertiary alicyclic amines) is 1. The van der Waals surface area contributed by atoms with Crippen LogP contribution in [0, 0.1) is 5.92 Å². The van der Waals surface area contributed by atoms with Gasteiger partial charge in [-0.25, -0.2) is 0 Å². The largest absolute Gasteiger partial charge is 0.507 e. The lowest BCUT2D eigenvalue weighted by molar-refractivity contribution is -0.140. The molecule has 0 spiro atoms. The molecular weight excluding hydrogens is 428 g/mol. The first-order chi connectivity index (χ1) is 15.2. The summed E-state index contributed by atoms with van der Waals surface area (Å²) in [5, 5.41) is 11.7. The zero-order chi connectivity index (χ0) is 23.4. The van der Waals surface area contributed by atoms with E-state index < -0.39 is 17.7 Å². The Morgan fingerprint density at radius 2 is 1.84 bits per heavy atom. The Morgan fingerprint density at radius 3 is 2.47 bits per heavy atom. The van der Waals surface area contributed by atoms with E-state index in [9.17, 15) is 14.7 Å². The van der Waals surface area contributed by atoms with Gasteiger partial charge in [-0.1, -0.05) is 49.7 Å². The van der Waals surface area contributed by atoms with Crippen LogP contribution in [0.25, 0.3) is 5.76 Å². The number of benzene rings is 2. The second kappa shape index (κ2) is 10.2. The lowest BCUT2D eigenvalue weighted by atomic mass is 9.95. The number of carbonyl (C=O) groups excluding carboxylic acids is 2. The number of hydrogen-bond donors (Lipinski definition) is 1. The van der Waals surface area contributed by atoms with Crippen molar-refractivity contribution in [1.29, 1.82) is 0 Å². The van der Waals surface area contributed by atoms with E-state index in [1.807, 2.05) is 32.8 Å². The number of nitrogens with zero attached hydrogens (tertiary/aromatic N) is 2. The normalized spacial score (nSPS) is 18.1. The second-order valence-corrected chi connectivity index (χ2v) is 9.02. The molecule has 1 saturated heterocycles. The molecule has 1 heterocycles. The van der Waals surface area contributed by atoms with Crippen LogP contribution in [0.2, 0.25) is 5.02 Å². The highest BCUT2D eigenvalue weighted by Gasteiger charge is 2.45. The number of likely N-dealkylation sites (N-methyl/N-ethyl adjacent to an activating group) is 1. The Morgan fingerprint density at radius 1 is 1.16 bits per heavy atom. The Balaban J connectivity index is 2.07. The van der Waals surface area contributed by atoms with Gasteiger partial charge in [0.05, 0.1) is 18.2 Å². The third-order valence-corrected chi connectivity index (χ3v) is 5.46. The molecule has 1 fully saturated rings. The molecule has 7 heteroatoms. The minimum Gasteiger partial charge on any atom is -0.507 e. The molecule has 1 atom stereocenters. The summed E-state index contributed by atoms with van der Waals surface area (Å²) in [7, 11) is 3.80. The molecule has 170 valence electrons. The minimum absolute atomic E-state index is 0.0667. The van der Waals surface area contributed by atoms with Crippen LogP contribution in [-0.2, 0) is 9.59 Å². The summed E-state index contributed by atoms with van der Waals surface area (Å²) in [5.41, 5.74) is 1.20. The maximum Gasteiger partial charge on any atom is 0.295 e. The molecule has 2 aromatic carbocycles. The van der Waals surface area contributed by atoms with E-state index in [2.05, 4.69) is 0 Å². The number of aliphatic hydroxyl groups is 1. The number of rotatable bonds is 8. The van der Waals surface area contributed by atoms with Gasteiger partial charge in [0.1, 0.15) is 11.5 Å². The van der Waals surface area contributed by atoms with E-state index in [0.29, 0.717) is 47.5 Å². The average Bonchev–Trinajstić information content (AvgIpc) is 3.01. The van der Waals surface area contributed by atoms with Gasteiger partial charge in [-0.3, -0.25) is 9.59 Å². The van der Waals surface area contributed by atoms with Crippen LogP contribution in [0.1, 0.15) is 31.0 Å². The van der Waals surface area contributed by atoms with Gasteiger partial charge < -0.3 is 19.6 Å². The van der Waals surface area contributed by atoms with Gasteiger partial charge in [0, 0.05) is 23.7 Å². The molecule has 1 aliphatic heterocycles. The van der Waals surface area contributed by atoms with Crippen molar-refractivity contribution in [2.75, 3.05) is 33.8 Å². The number of aliphatic hydroxyl groups excluding tert-OH is 1. The predicted octanol–water partition coefficient (Wildman–Crippen LogP) is 4.36. The van der Waals surface area contributed by atoms with Gasteiger partial charge in [-0.15, -0.1) is 0 Å². The minimum atomic E-state index is -0.701. The number of Topliss-reactive ketones (excluding diaryl/α,β-unsaturated/α-hetero) is 1. The molecule has 0 radical (unpaired) electrons. The van der Waals surface area contributed by atoms with Crippen molar-refractivity contribution in [3.05, 3.63) is 70.3 Å². The molecule has 3 rings (SSSR count). The van der Waals surface area contributed by atoms with Crippen LogP contribution in [0.3, 0.4) is 0 Å².